The number of hydrogen-bond donors (Lipinski definition) is 2. The van der Waals surface area contributed by atoms with Crippen LogP contribution in [0.5, 0.6) is 0 Å². The van der Waals surface area contributed by atoms with Gasteiger partial charge < -0.3 is 10.6 Å². The number of alkyl halides is 2. The quantitative estimate of drug-likeness (QED) is 0.452. The highest BCUT2D eigenvalue weighted by molar-refractivity contribution is 5.97. The molecule has 0 spiro atoms. The van der Waals surface area contributed by atoms with Crippen LogP contribution in [-0.4, -0.2) is 34.0 Å². The summed E-state index contributed by atoms with van der Waals surface area (Å²) in [5.41, 5.74) is -1.29. The molecule has 10 heteroatoms. The van der Waals surface area contributed by atoms with Crippen LogP contribution in [0.25, 0.3) is 16.7 Å². The van der Waals surface area contributed by atoms with E-state index in [1.807, 2.05) is 0 Å². The number of hydrogen-bond acceptors (Lipinski definition) is 4. The van der Waals surface area contributed by atoms with Crippen LogP contribution < -0.4 is 16.1 Å². The molecule has 0 radical (unpaired) electrons. The second-order valence-corrected chi connectivity index (χ2v) is 10.8. The summed E-state index contributed by atoms with van der Waals surface area (Å²) in [5, 5.41) is 5.66. The van der Waals surface area contributed by atoms with Gasteiger partial charge in [-0.15, -0.1) is 0 Å². The molecule has 0 aliphatic heterocycles. The molecule has 1 aromatic carbocycles. The minimum atomic E-state index is -2.63. The van der Waals surface area contributed by atoms with Crippen LogP contribution in [0.1, 0.15) is 48.9 Å². The maximum absolute atomic E-state index is 14.9. The van der Waals surface area contributed by atoms with E-state index in [-0.39, 0.29) is 33.6 Å². The minimum Gasteiger partial charge on any atom is -0.364 e. The molecule has 0 atom stereocenters. The first kappa shape index (κ1) is 23.9. The molecule has 4 aliphatic carbocycles. The number of rotatable bonds is 6. The molecule has 4 aliphatic rings. The Morgan fingerprint density at radius 1 is 1.05 bits per heavy atom. The molecule has 0 unspecified atom stereocenters. The molecule has 194 valence electrons. The van der Waals surface area contributed by atoms with E-state index in [0.717, 1.165) is 25.3 Å². The van der Waals surface area contributed by atoms with E-state index in [1.54, 1.807) is 0 Å². The summed E-state index contributed by atoms with van der Waals surface area (Å²) in [4.78, 5) is 31.3. The number of nitrogens with zero attached hydrogens (tertiary/aromatic N) is 2. The second-order valence-electron chi connectivity index (χ2n) is 10.8. The summed E-state index contributed by atoms with van der Waals surface area (Å²) in [6, 6.07) is 5.65. The van der Waals surface area contributed by atoms with Crippen LogP contribution in [-0.2, 0) is 0 Å². The predicted molar refractivity (Wildman–Crippen MR) is 130 cm³/mol. The van der Waals surface area contributed by atoms with E-state index in [4.69, 9.17) is 0 Å². The Morgan fingerprint density at radius 2 is 1.73 bits per heavy atom. The lowest BCUT2D eigenvalue weighted by Gasteiger charge is -2.56. The smallest absolute Gasteiger partial charge is 0.257 e. The molecule has 2 aromatic heterocycles. The molecule has 1 amide bonds. The van der Waals surface area contributed by atoms with Gasteiger partial charge in [0.25, 0.3) is 12.3 Å². The van der Waals surface area contributed by atoms with Crippen LogP contribution in [0.2, 0.25) is 0 Å². The van der Waals surface area contributed by atoms with Gasteiger partial charge in [-0.1, -0.05) is 0 Å². The third-order valence-corrected chi connectivity index (χ3v) is 8.12. The Kier molecular flexibility index (Phi) is 5.72. The Balaban J connectivity index is 1.44. The second kappa shape index (κ2) is 8.85. The van der Waals surface area contributed by atoms with Gasteiger partial charge in [0.15, 0.2) is 5.65 Å². The first-order valence-electron chi connectivity index (χ1n) is 12.6. The maximum atomic E-state index is 14.9. The van der Waals surface area contributed by atoms with Crippen molar-refractivity contribution < 1.29 is 22.4 Å². The zero-order valence-corrected chi connectivity index (χ0v) is 19.9. The first-order valence-corrected chi connectivity index (χ1v) is 12.6. The van der Waals surface area contributed by atoms with Gasteiger partial charge in [-0.2, -0.15) is 0 Å². The molecule has 4 saturated carbocycles. The lowest BCUT2D eigenvalue weighted by molar-refractivity contribution is -0.0167. The standard InChI is InChI=1S/C27H26F4N4O2/c28-17-1-3-21(20(29)8-17)35-13-19(24(36)18-2-4-23(33-25(18)35)32-12-22(30)31)26(37)34-27-9-14-5-15(10-27)7-16(6-14)11-27/h1-4,8,13-16,22H,5-7,9-12H2,(H,32,33)(H,34,37). The molecular weight excluding hydrogens is 488 g/mol. The van der Waals surface area contributed by atoms with Crippen molar-refractivity contribution in [2.75, 3.05) is 11.9 Å². The lowest BCUT2D eigenvalue weighted by atomic mass is 9.53. The van der Waals surface area contributed by atoms with Gasteiger partial charge in [0, 0.05) is 17.8 Å². The van der Waals surface area contributed by atoms with Gasteiger partial charge in [0.2, 0.25) is 5.43 Å². The number of amides is 1. The van der Waals surface area contributed by atoms with E-state index < -0.39 is 35.9 Å². The zero-order chi connectivity index (χ0) is 25.9. The third-order valence-electron chi connectivity index (χ3n) is 8.12. The van der Waals surface area contributed by atoms with Gasteiger partial charge in [0.1, 0.15) is 23.0 Å². The van der Waals surface area contributed by atoms with Gasteiger partial charge in [-0.25, -0.2) is 22.5 Å². The molecule has 2 N–H and O–H groups in total. The van der Waals surface area contributed by atoms with E-state index in [9.17, 15) is 27.2 Å². The average Bonchev–Trinajstić information content (AvgIpc) is 2.82. The summed E-state index contributed by atoms with van der Waals surface area (Å²) in [5.74, 6) is -0.465. The number of pyridine rings is 2. The molecule has 0 saturated heterocycles. The Morgan fingerprint density at radius 3 is 2.35 bits per heavy atom. The van der Waals surface area contributed by atoms with Crippen LogP contribution in [0, 0.1) is 29.4 Å². The number of anilines is 1. The van der Waals surface area contributed by atoms with Crippen LogP contribution >= 0.6 is 0 Å². The molecule has 3 aromatic rings. The fourth-order valence-electron chi connectivity index (χ4n) is 7.08. The molecule has 2 heterocycles. The van der Waals surface area contributed by atoms with Crippen molar-refractivity contribution in [3.8, 4) is 5.69 Å². The molecular formula is C27H26F4N4O2. The average molecular weight is 515 g/mol. The van der Waals surface area contributed by atoms with Gasteiger partial charge in [0.05, 0.1) is 17.6 Å². The van der Waals surface area contributed by atoms with Crippen molar-refractivity contribution in [1.82, 2.24) is 14.9 Å². The van der Waals surface area contributed by atoms with E-state index >= 15 is 0 Å². The Hall–Kier alpha value is -3.43. The summed E-state index contributed by atoms with van der Waals surface area (Å²) in [7, 11) is 0. The number of benzene rings is 1. The molecule has 7 rings (SSSR count). The van der Waals surface area contributed by atoms with Crippen molar-refractivity contribution >= 4 is 22.8 Å². The summed E-state index contributed by atoms with van der Waals surface area (Å²) in [6.45, 7) is -0.667. The van der Waals surface area contributed by atoms with Crippen molar-refractivity contribution in [2.24, 2.45) is 17.8 Å². The number of halogens is 4. The number of carbonyl (C=O) groups is 1. The fourth-order valence-corrected chi connectivity index (χ4v) is 7.08. The van der Waals surface area contributed by atoms with E-state index in [0.29, 0.717) is 23.8 Å². The molecule has 4 fully saturated rings. The van der Waals surface area contributed by atoms with Crippen molar-refractivity contribution in [2.45, 2.75) is 50.5 Å². The van der Waals surface area contributed by atoms with Crippen LogP contribution in [0.4, 0.5) is 23.4 Å². The van der Waals surface area contributed by atoms with E-state index in [1.165, 1.54) is 48.2 Å². The van der Waals surface area contributed by atoms with Gasteiger partial charge in [-0.05, 0) is 80.5 Å². The molecule has 6 nitrogen and oxygen atoms in total. The van der Waals surface area contributed by atoms with Crippen LogP contribution in [0.15, 0.2) is 41.3 Å². The largest absolute Gasteiger partial charge is 0.364 e. The first-order chi connectivity index (χ1) is 17.7. The summed E-state index contributed by atoms with van der Waals surface area (Å²) in [6.07, 6.45) is 4.81. The molecule has 37 heavy (non-hydrogen) atoms. The van der Waals surface area contributed by atoms with E-state index in [2.05, 4.69) is 15.6 Å². The predicted octanol–water partition coefficient (Wildman–Crippen LogP) is 5.04. The maximum Gasteiger partial charge on any atom is 0.257 e. The zero-order valence-electron chi connectivity index (χ0n) is 19.9. The fraction of sp³-hybridized carbons (Fsp3) is 0.444. The molecule has 4 bridgehead atoms. The van der Waals surface area contributed by atoms with Crippen molar-refractivity contribution in [3.05, 3.63) is 63.9 Å². The highest BCUT2D eigenvalue weighted by atomic mass is 19.3. The van der Waals surface area contributed by atoms with Crippen LogP contribution in [0.3, 0.4) is 0 Å². The number of fused-ring (bicyclic) bond motifs is 1. The number of nitrogens with one attached hydrogen (secondary N) is 2. The van der Waals surface area contributed by atoms with Crippen molar-refractivity contribution in [1.29, 1.82) is 0 Å². The normalized spacial score (nSPS) is 26.1. The Bertz CT molecular complexity index is 1420. The van der Waals surface area contributed by atoms with Gasteiger partial charge in [-0.3, -0.25) is 14.2 Å². The number of aromatic nitrogens is 2. The monoisotopic (exact) mass is 514 g/mol. The number of carbonyl (C=O) groups excluding carboxylic acids is 1. The third kappa shape index (κ3) is 4.36. The lowest BCUT2D eigenvalue weighted by Crippen LogP contribution is -2.60. The summed E-state index contributed by atoms with van der Waals surface area (Å²) >= 11 is 0. The van der Waals surface area contributed by atoms with Crippen molar-refractivity contribution in [3.63, 3.8) is 0 Å². The highest BCUT2D eigenvalue weighted by Crippen LogP contribution is 2.55. The minimum absolute atomic E-state index is 0.0180. The summed E-state index contributed by atoms with van der Waals surface area (Å²) < 4.78 is 55.1. The van der Waals surface area contributed by atoms with Gasteiger partial charge >= 0.3 is 0 Å². The SMILES string of the molecule is O=C(NC12CC3CC(CC(C3)C1)C2)c1cn(-c2ccc(F)cc2F)c2nc(NCC(F)F)ccc2c1=O. The topological polar surface area (TPSA) is 76.0 Å². The highest BCUT2D eigenvalue weighted by Gasteiger charge is 2.51. The Labute approximate surface area is 210 Å².